The fourth-order valence-corrected chi connectivity index (χ4v) is 1.52. The summed E-state index contributed by atoms with van der Waals surface area (Å²) in [6.45, 7) is 0. The summed E-state index contributed by atoms with van der Waals surface area (Å²) in [7, 11) is 0. The van der Waals surface area contributed by atoms with Gasteiger partial charge in [-0.05, 0) is 18.4 Å². The van der Waals surface area contributed by atoms with E-state index < -0.39 is 0 Å². The first-order valence-corrected chi connectivity index (χ1v) is 5.04. The number of halogens is 1. The summed E-state index contributed by atoms with van der Waals surface area (Å²) < 4.78 is 0. The van der Waals surface area contributed by atoms with Crippen molar-refractivity contribution < 1.29 is 4.79 Å². The normalized spacial score (nSPS) is 15.8. The van der Waals surface area contributed by atoms with Crippen LogP contribution in [0, 0.1) is 5.92 Å². The summed E-state index contributed by atoms with van der Waals surface area (Å²) in [6.07, 6.45) is 2.13. The number of hydrogen-bond acceptors (Lipinski definition) is 1. The lowest BCUT2D eigenvalue weighted by Gasteiger charge is -1.99. The highest BCUT2D eigenvalue weighted by atomic mass is 35.5. The van der Waals surface area contributed by atoms with Crippen molar-refractivity contribution in [2.24, 2.45) is 5.92 Å². The van der Waals surface area contributed by atoms with Gasteiger partial charge in [-0.25, -0.2) is 0 Å². The van der Waals surface area contributed by atoms with Gasteiger partial charge in [0.15, 0.2) is 5.78 Å². The van der Waals surface area contributed by atoms with Crippen molar-refractivity contribution in [1.29, 1.82) is 0 Å². The number of ketones is 1. The Balaban J connectivity index is 2.16. The number of rotatable bonds is 3. The molecule has 0 bridgehead atoms. The van der Waals surface area contributed by atoms with Gasteiger partial charge in [-0.2, -0.15) is 0 Å². The maximum atomic E-state index is 11.6. The lowest BCUT2D eigenvalue weighted by atomic mass is 10.1. The van der Waals surface area contributed by atoms with Crippen LogP contribution < -0.4 is 0 Å². The predicted molar refractivity (Wildman–Crippen MR) is 53.1 cm³/mol. The first-order valence-electron chi connectivity index (χ1n) is 4.50. The lowest BCUT2D eigenvalue weighted by molar-refractivity contribution is 0.0967. The first-order chi connectivity index (χ1) is 6.31. The molecule has 68 valence electrons. The van der Waals surface area contributed by atoms with Gasteiger partial charge >= 0.3 is 0 Å². The van der Waals surface area contributed by atoms with Gasteiger partial charge in [-0.1, -0.05) is 24.3 Å². The molecule has 0 aromatic heterocycles. The van der Waals surface area contributed by atoms with E-state index in [4.69, 9.17) is 11.6 Å². The van der Waals surface area contributed by atoms with Gasteiger partial charge in [0.1, 0.15) is 0 Å². The third kappa shape index (κ3) is 1.92. The number of hydrogen-bond donors (Lipinski definition) is 0. The SMILES string of the molecule is O=C(c1ccc(CCl)cc1)C1CC1. The van der Waals surface area contributed by atoms with Crippen molar-refractivity contribution in [3.8, 4) is 0 Å². The number of benzene rings is 1. The number of Topliss-reactive ketones (excluding diaryl/α,β-unsaturated/α-hetero) is 1. The molecule has 0 unspecified atom stereocenters. The highest BCUT2D eigenvalue weighted by molar-refractivity contribution is 6.17. The molecular weight excluding hydrogens is 184 g/mol. The van der Waals surface area contributed by atoms with Gasteiger partial charge in [-0.15, -0.1) is 11.6 Å². The van der Waals surface area contributed by atoms with Crippen LogP contribution >= 0.6 is 11.6 Å². The third-order valence-electron chi connectivity index (χ3n) is 2.34. The van der Waals surface area contributed by atoms with Crippen molar-refractivity contribution in [1.82, 2.24) is 0 Å². The molecule has 0 spiro atoms. The maximum absolute atomic E-state index is 11.6. The number of alkyl halides is 1. The largest absolute Gasteiger partial charge is 0.294 e. The van der Waals surface area contributed by atoms with Crippen molar-refractivity contribution in [2.75, 3.05) is 0 Å². The van der Waals surface area contributed by atoms with Gasteiger partial charge in [-0.3, -0.25) is 4.79 Å². The van der Waals surface area contributed by atoms with E-state index in [1.807, 2.05) is 24.3 Å². The van der Waals surface area contributed by atoms with E-state index in [0.717, 1.165) is 24.0 Å². The first kappa shape index (κ1) is 8.76. The van der Waals surface area contributed by atoms with Crippen LogP contribution in [0.5, 0.6) is 0 Å². The van der Waals surface area contributed by atoms with Crippen LogP contribution in [0.1, 0.15) is 28.8 Å². The fourth-order valence-electron chi connectivity index (χ4n) is 1.34. The van der Waals surface area contributed by atoms with Crippen LogP contribution in [0.25, 0.3) is 0 Å². The molecule has 13 heavy (non-hydrogen) atoms. The Bertz CT molecular complexity index is 311. The second kappa shape index (κ2) is 3.51. The molecule has 0 N–H and O–H groups in total. The molecule has 1 aromatic rings. The van der Waals surface area contributed by atoms with E-state index in [1.165, 1.54) is 0 Å². The standard InChI is InChI=1S/C11H11ClO/c12-7-8-1-3-9(4-2-8)11(13)10-5-6-10/h1-4,10H,5-7H2. The Morgan fingerprint density at radius 1 is 1.31 bits per heavy atom. The summed E-state index contributed by atoms with van der Waals surface area (Å²) in [6, 6.07) is 7.59. The minimum Gasteiger partial charge on any atom is -0.294 e. The Morgan fingerprint density at radius 3 is 2.38 bits per heavy atom. The minimum absolute atomic E-state index is 0.293. The molecule has 1 aromatic carbocycles. The van der Waals surface area contributed by atoms with Crippen LogP contribution in [0.4, 0.5) is 0 Å². The lowest BCUT2D eigenvalue weighted by Crippen LogP contribution is -2.00. The van der Waals surface area contributed by atoms with E-state index in [-0.39, 0.29) is 0 Å². The summed E-state index contributed by atoms with van der Waals surface area (Å²) in [5.41, 5.74) is 1.89. The Hall–Kier alpha value is -0.820. The van der Waals surface area contributed by atoms with Crippen LogP contribution in [0.15, 0.2) is 24.3 Å². The molecule has 1 nitrogen and oxygen atoms in total. The quantitative estimate of drug-likeness (QED) is 0.534. The molecule has 1 fully saturated rings. The van der Waals surface area contributed by atoms with Gasteiger partial charge in [0.05, 0.1) is 0 Å². The van der Waals surface area contributed by atoms with Gasteiger partial charge in [0.2, 0.25) is 0 Å². The minimum atomic E-state index is 0.293. The summed E-state index contributed by atoms with van der Waals surface area (Å²) in [5, 5.41) is 0. The van der Waals surface area contributed by atoms with E-state index in [0.29, 0.717) is 17.6 Å². The van der Waals surface area contributed by atoms with E-state index in [2.05, 4.69) is 0 Å². The monoisotopic (exact) mass is 194 g/mol. The zero-order valence-electron chi connectivity index (χ0n) is 7.29. The summed E-state index contributed by atoms with van der Waals surface area (Å²) in [4.78, 5) is 11.6. The highest BCUT2D eigenvalue weighted by Gasteiger charge is 2.30. The average Bonchev–Trinajstić information content (AvgIpc) is 3.00. The van der Waals surface area contributed by atoms with Gasteiger partial charge < -0.3 is 0 Å². The molecule has 1 saturated carbocycles. The van der Waals surface area contributed by atoms with Gasteiger partial charge in [0.25, 0.3) is 0 Å². The zero-order valence-corrected chi connectivity index (χ0v) is 8.05. The molecule has 0 amide bonds. The van der Waals surface area contributed by atoms with Crippen molar-refractivity contribution in [3.63, 3.8) is 0 Å². The molecule has 2 heteroatoms. The number of carbonyl (C=O) groups is 1. The average molecular weight is 195 g/mol. The smallest absolute Gasteiger partial charge is 0.165 e. The molecule has 0 radical (unpaired) electrons. The topological polar surface area (TPSA) is 17.1 Å². The van der Waals surface area contributed by atoms with Crippen molar-refractivity contribution >= 4 is 17.4 Å². The molecule has 1 aliphatic carbocycles. The molecule has 0 saturated heterocycles. The second-order valence-electron chi connectivity index (χ2n) is 3.47. The van der Waals surface area contributed by atoms with Crippen LogP contribution in [0.2, 0.25) is 0 Å². The van der Waals surface area contributed by atoms with Crippen molar-refractivity contribution in [3.05, 3.63) is 35.4 Å². The van der Waals surface area contributed by atoms with Crippen LogP contribution in [-0.4, -0.2) is 5.78 Å². The Labute approximate surface area is 82.7 Å². The Kier molecular flexibility index (Phi) is 2.36. The molecule has 0 atom stereocenters. The molecule has 2 rings (SSSR count). The summed E-state index contributed by atoms with van der Waals surface area (Å²) >= 11 is 5.65. The second-order valence-corrected chi connectivity index (χ2v) is 3.74. The molecule has 1 aliphatic rings. The van der Waals surface area contributed by atoms with E-state index >= 15 is 0 Å². The van der Waals surface area contributed by atoms with Crippen LogP contribution in [0.3, 0.4) is 0 Å². The molecular formula is C11H11ClO. The maximum Gasteiger partial charge on any atom is 0.165 e. The number of carbonyl (C=O) groups excluding carboxylic acids is 1. The van der Waals surface area contributed by atoms with Crippen molar-refractivity contribution in [2.45, 2.75) is 18.7 Å². The van der Waals surface area contributed by atoms with Crippen LogP contribution in [-0.2, 0) is 5.88 Å². The Morgan fingerprint density at radius 2 is 1.92 bits per heavy atom. The summed E-state index contributed by atoms with van der Waals surface area (Å²) in [5.74, 6) is 1.11. The predicted octanol–water partition coefficient (Wildman–Crippen LogP) is 3.02. The van der Waals surface area contributed by atoms with E-state index in [1.54, 1.807) is 0 Å². The third-order valence-corrected chi connectivity index (χ3v) is 2.65. The zero-order chi connectivity index (χ0) is 9.26. The molecule has 0 aliphatic heterocycles. The molecule has 0 heterocycles. The highest BCUT2D eigenvalue weighted by Crippen LogP contribution is 2.32. The fraction of sp³-hybridized carbons (Fsp3) is 0.364. The van der Waals surface area contributed by atoms with E-state index in [9.17, 15) is 4.79 Å². The van der Waals surface area contributed by atoms with Gasteiger partial charge in [0, 0.05) is 17.4 Å².